The number of nitrogens with zero attached hydrogens (tertiary/aromatic N) is 2. The van der Waals surface area contributed by atoms with Crippen LogP contribution in [-0.2, 0) is 21.5 Å². The van der Waals surface area contributed by atoms with E-state index < -0.39 is 10.2 Å². The van der Waals surface area contributed by atoms with Gasteiger partial charge in [0.1, 0.15) is 5.75 Å². The van der Waals surface area contributed by atoms with E-state index in [4.69, 9.17) is 4.74 Å². The van der Waals surface area contributed by atoms with Crippen LogP contribution in [0, 0.1) is 5.92 Å². The average molecular weight is 410 g/mol. The van der Waals surface area contributed by atoms with Gasteiger partial charge >= 0.3 is 0 Å². The molecule has 0 bridgehead atoms. The minimum Gasteiger partial charge on any atom is -0.497 e. The summed E-state index contributed by atoms with van der Waals surface area (Å²) in [5.74, 6) is 0.400. The fraction of sp³-hybridized carbons (Fsp3) is 0.650. The lowest BCUT2D eigenvalue weighted by Crippen LogP contribution is -2.50. The van der Waals surface area contributed by atoms with Crippen molar-refractivity contribution in [1.29, 1.82) is 0 Å². The average Bonchev–Trinajstić information content (AvgIpc) is 3.02. The normalized spacial score (nSPS) is 22.4. The molecule has 1 N–H and O–H groups in total. The molecule has 8 heteroatoms. The van der Waals surface area contributed by atoms with E-state index in [9.17, 15) is 13.2 Å². The Bertz CT molecular complexity index is 743. The van der Waals surface area contributed by atoms with Crippen molar-refractivity contribution in [2.45, 2.75) is 45.1 Å². The predicted molar refractivity (Wildman–Crippen MR) is 108 cm³/mol. The minimum absolute atomic E-state index is 0.0772. The molecule has 28 heavy (non-hydrogen) atoms. The third-order valence-corrected chi connectivity index (χ3v) is 7.60. The van der Waals surface area contributed by atoms with Gasteiger partial charge in [-0.2, -0.15) is 17.0 Å². The molecule has 0 aromatic heterocycles. The van der Waals surface area contributed by atoms with Gasteiger partial charge in [-0.05, 0) is 43.4 Å². The Morgan fingerprint density at radius 1 is 1.04 bits per heavy atom. The number of hydrogen-bond acceptors (Lipinski definition) is 4. The molecular weight excluding hydrogens is 378 g/mol. The zero-order chi connectivity index (χ0) is 20.0. The minimum atomic E-state index is -3.48. The van der Waals surface area contributed by atoms with Gasteiger partial charge in [-0.15, -0.1) is 0 Å². The van der Waals surface area contributed by atoms with Gasteiger partial charge in [-0.25, -0.2) is 0 Å². The van der Waals surface area contributed by atoms with E-state index >= 15 is 0 Å². The van der Waals surface area contributed by atoms with Crippen molar-refractivity contribution in [3.63, 3.8) is 0 Å². The molecule has 0 spiro atoms. The third-order valence-electron chi connectivity index (χ3n) is 5.60. The molecule has 7 nitrogen and oxygen atoms in total. The van der Waals surface area contributed by atoms with Crippen molar-refractivity contribution in [3.05, 3.63) is 29.8 Å². The molecule has 1 atom stereocenters. The van der Waals surface area contributed by atoms with Gasteiger partial charge in [0.05, 0.1) is 13.0 Å². The monoisotopic (exact) mass is 409 g/mol. The first-order valence-electron chi connectivity index (χ1n) is 10.2. The molecule has 0 radical (unpaired) electrons. The lowest BCUT2D eigenvalue weighted by Gasteiger charge is -2.34. The standard InChI is InChI=1S/C20H31N3O4S/c1-27-19-10-8-17(9-11-19)15-21-20(24)18-7-6-14-23(16-18)28(25,26)22-12-4-2-3-5-13-22/h8-11,18H,2-7,12-16H2,1H3,(H,21,24)/t18-/m1/s1. The highest BCUT2D eigenvalue weighted by Crippen LogP contribution is 2.23. The van der Waals surface area contributed by atoms with Crippen molar-refractivity contribution >= 4 is 16.1 Å². The van der Waals surface area contributed by atoms with Crippen molar-refractivity contribution in [3.8, 4) is 5.75 Å². The molecule has 1 aromatic carbocycles. The van der Waals surface area contributed by atoms with Crippen LogP contribution in [0.5, 0.6) is 5.75 Å². The van der Waals surface area contributed by atoms with E-state index in [1.807, 2.05) is 24.3 Å². The van der Waals surface area contributed by atoms with Gasteiger partial charge in [0.2, 0.25) is 5.91 Å². The van der Waals surface area contributed by atoms with E-state index in [2.05, 4.69) is 5.32 Å². The summed E-state index contributed by atoms with van der Waals surface area (Å²) in [6, 6.07) is 7.54. The Morgan fingerprint density at radius 3 is 2.32 bits per heavy atom. The number of benzene rings is 1. The van der Waals surface area contributed by atoms with Gasteiger partial charge < -0.3 is 10.1 Å². The number of hydrogen-bond donors (Lipinski definition) is 1. The van der Waals surface area contributed by atoms with Crippen LogP contribution in [0.1, 0.15) is 44.1 Å². The molecule has 1 aromatic rings. The summed E-state index contributed by atoms with van der Waals surface area (Å²) in [5, 5.41) is 2.95. The highest BCUT2D eigenvalue weighted by molar-refractivity contribution is 7.86. The van der Waals surface area contributed by atoms with E-state index in [0.717, 1.165) is 43.4 Å². The summed E-state index contributed by atoms with van der Waals surface area (Å²) < 4.78 is 34.3. The summed E-state index contributed by atoms with van der Waals surface area (Å²) in [7, 11) is -1.86. The van der Waals surface area contributed by atoms with E-state index in [1.165, 1.54) is 4.31 Å². The van der Waals surface area contributed by atoms with Gasteiger partial charge in [0.25, 0.3) is 10.2 Å². The SMILES string of the molecule is COc1ccc(CNC(=O)[C@@H]2CCCN(S(=O)(=O)N3CCCCCC3)C2)cc1. The summed E-state index contributed by atoms with van der Waals surface area (Å²) in [5.41, 5.74) is 0.985. The molecule has 2 aliphatic rings. The zero-order valence-electron chi connectivity index (χ0n) is 16.6. The molecule has 156 valence electrons. The summed E-state index contributed by atoms with van der Waals surface area (Å²) in [4.78, 5) is 12.6. The van der Waals surface area contributed by atoms with Gasteiger partial charge in [0, 0.05) is 32.7 Å². The summed E-state index contributed by atoms with van der Waals surface area (Å²) in [6.45, 7) is 2.38. The van der Waals surface area contributed by atoms with Crippen LogP contribution in [0.4, 0.5) is 0 Å². The van der Waals surface area contributed by atoms with Crippen molar-refractivity contribution < 1.29 is 17.9 Å². The first-order chi connectivity index (χ1) is 13.5. The zero-order valence-corrected chi connectivity index (χ0v) is 17.4. The molecule has 0 unspecified atom stereocenters. The van der Waals surface area contributed by atoms with Crippen LogP contribution in [0.3, 0.4) is 0 Å². The summed E-state index contributed by atoms with van der Waals surface area (Å²) >= 11 is 0. The number of ether oxygens (including phenoxy) is 1. The second-order valence-corrected chi connectivity index (χ2v) is 9.51. The summed E-state index contributed by atoms with van der Waals surface area (Å²) in [6.07, 6.45) is 5.44. The molecule has 3 rings (SSSR count). The number of amides is 1. The maximum atomic E-state index is 13.0. The lowest BCUT2D eigenvalue weighted by molar-refractivity contribution is -0.126. The molecule has 1 amide bonds. The Labute approximate surface area is 168 Å². The number of carbonyl (C=O) groups excluding carboxylic acids is 1. The van der Waals surface area contributed by atoms with Gasteiger partial charge in [0.15, 0.2) is 0 Å². The molecule has 0 saturated carbocycles. The molecule has 2 fully saturated rings. The van der Waals surface area contributed by atoms with Crippen LogP contribution in [0.15, 0.2) is 24.3 Å². The Morgan fingerprint density at radius 2 is 1.68 bits per heavy atom. The number of methoxy groups -OCH3 is 1. The maximum absolute atomic E-state index is 13.0. The Balaban J connectivity index is 1.56. The molecule has 2 saturated heterocycles. The van der Waals surface area contributed by atoms with Crippen LogP contribution < -0.4 is 10.1 Å². The molecule has 2 aliphatic heterocycles. The predicted octanol–water partition coefficient (Wildman–Crippen LogP) is 2.14. The second kappa shape index (κ2) is 9.71. The Hall–Kier alpha value is -1.64. The lowest BCUT2D eigenvalue weighted by atomic mass is 9.99. The largest absolute Gasteiger partial charge is 0.497 e. The van der Waals surface area contributed by atoms with Crippen molar-refractivity contribution in [2.75, 3.05) is 33.3 Å². The first-order valence-corrected chi connectivity index (χ1v) is 11.6. The van der Waals surface area contributed by atoms with E-state index in [-0.39, 0.29) is 18.4 Å². The number of rotatable bonds is 6. The van der Waals surface area contributed by atoms with E-state index in [0.29, 0.717) is 32.6 Å². The van der Waals surface area contributed by atoms with Crippen LogP contribution in [0.25, 0.3) is 0 Å². The van der Waals surface area contributed by atoms with Gasteiger partial charge in [-0.1, -0.05) is 25.0 Å². The molecular formula is C20H31N3O4S. The quantitative estimate of drug-likeness (QED) is 0.781. The number of carbonyl (C=O) groups is 1. The smallest absolute Gasteiger partial charge is 0.281 e. The van der Waals surface area contributed by atoms with Crippen LogP contribution in [-0.4, -0.2) is 56.2 Å². The van der Waals surface area contributed by atoms with Crippen LogP contribution >= 0.6 is 0 Å². The molecule has 2 heterocycles. The fourth-order valence-electron chi connectivity index (χ4n) is 3.88. The maximum Gasteiger partial charge on any atom is 0.281 e. The highest BCUT2D eigenvalue weighted by Gasteiger charge is 2.35. The highest BCUT2D eigenvalue weighted by atomic mass is 32.2. The topological polar surface area (TPSA) is 79.0 Å². The van der Waals surface area contributed by atoms with Crippen molar-refractivity contribution in [1.82, 2.24) is 13.9 Å². The molecule has 0 aliphatic carbocycles. The van der Waals surface area contributed by atoms with E-state index in [1.54, 1.807) is 11.4 Å². The number of piperidine rings is 1. The van der Waals surface area contributed by atoms with Crippen molar-refractivity contribution in [2.24, 2.45) is 5.92 Å². The fourth-order valence-corrected chi connectivity index (χ4v) is 5.65. The number of nitrogens with one attached hydrogen (secondary N) is 1. The second-order valence-electron chi connectivity index (χ2n) is 7.58. The Kier molecular flexibility index (Phi) is 7.31. The van der Waals surface area contributed by atoms with Crippen LogP contribution in [0.2, 0.25) is 0 Å². The van der Waals surface area contributed by atoms with Gasteiger partial charge in [-0.3, -0.25) is 4.79 Å². The third kappa shape index (κ3) is 5.24. The first kappa shape index (κ1) is 21.1.